The number of ether oxygens (including phenoxy) is 3. The summed E-state index contributed by atoms with van der Waals surface area (Å²) in [5.41, 5.74) is 0.301. The Kier molecular flexibility index (Phi) is 15.4. The second-order valence-electron chi connectivity index (χ2n) is 14.7. The molecule has 3 aromatic rings. The molecule has 0 saturated heterocycles. The summed E-state index contributed by atoms with van der Waals surface area (Å²) in [6.45, 7) is 9.56. The molecule has 18 heteroatoms. The quantitative estimate of drug-likeness (QED) is 0.0536. The van der Waals surface area contributed by atoms with Crippen molar-refractivity contribution >= 4 is 35.5 Å². The normalized spacial score (nSPS) is 15.1. The van der Waals surface area contributed by atoms with Crippen LogP contribution in [0, 0.1) is 16.0 Å². The number of hydrogen-bond donors (Lipinski definition) is 5. The van der Waals surface area contributed by atoms with Crippen LogP contribution in [0.5, 0.6) is 5.75 Å². The zero-order valence-electron chi connectivity index (χ0n) is 33.5. The monoisotopic (exact) mass is 795 g/mol. The molecular formula is C39H53N7O11. The number of hydrogen-bond acceptors (Lipinski definition) is 13. The lowest BCUT2D eigenvalue weighted by Gasteiger charge is -2.44. The molecular weight excluding hydrogens is 742 g/mol. The van der Waals surface area contributed by atoms with Crippen LogP contribution >= 0.6 is 0 Å². The number of amides is 4. The number of nitrogens with zero attached hydrogens (tertiary/aromatic N) is 3. The average Bonchev–Trinajstić information content (AvgIpc) is 3.67. The molecule has 5 atom stereocenters. The number of aromatic amines is 1. The Bertz CT molecular complexity index is 1880. The molecule has 0 spiro atoms. The number of aliphatic hydroxyl groups is 1. The number of carbonyl (C=O) groups is 5. The molecule has 0 bridgehead atoms. The van der Waals surface area contributed by atoms with E-state index in [1.165, 1.54) is 63.0 Å². The van der Waals surface area contributed by atoms with Gasteiger partial charge in [-0.3, -0.25) is 24.5 Å². The first-order valence-corrected chi connectivity index (χ1v) is 18.3. The van der Waals surface area contributed by atoms with Gasteiger partial charge in [0.1, 0.15) is 23.1 Å². The van der Waals surface area contributed by atoms with Crippen LogP contribution in [0.1, 0.15) is 77.6 Å². The van der Waals surface area contributed by atoms with Crippen molar-refractivity contribution in [2.75, 3.05) is 14.2 Å². The number of rotatable bonds is 18. The zero-order chi connectivity index (χ0) is 42.7. The van der Waals surface area contributed by atoms with E-state index in [0.717, 1.165) is 7.11 Å². The predicted octanol–water partition coefficient (Wildman–Crippen LogP) is 3.41. The molecule has 2 unspecified atom stereocenters. The van der Waals surface area contributed by atoms with Crippen molar-refractivity contribution in [3.05, 3.63) is 88.0 Å². The summed E-state index contributed by atoms with van der Waals surface area (Å²) in [5, 5.41) is 29.3. The van der Waals surface area contributed by atoms with E-state index < -0.39 is 88.8 Å². The first kappa shape index (κ1) is 45.5. The van der Waals surface area contributed by atoms with Crippen molar-refractivity contribution in [2.45, 2.75) is 103 Å². The molecule has 1 heterocycles. The zero-order valence-corrected chi connectivity index (χ0v) is 33.5. The van der Waals surface area contributed by atoms with Gasteiger partial charge in [0.15, 0.2) is 5.54 Å². The number of nitrogens with one attached hydrogen (secondary N) is 3. The number of imide groups is 1. The topological polar surface area (TPSA) is 258 Å². The van der Waals surface area contributed by atoms with Gasteiger partial charge in [0, 0.05) is 49.2 Å². The number of methoxy groups -OCH3 is 2. The number of nitro groups is 1. The van der Waals surface area contributed by atoms with Crippen molar-refractivity contribution < 1.29 is 48.2 Å². The fourth-order valence-electron chi connectivity index (χ4n) is 6.31. The molecule has 0 radical (unpaired) electrons. The Hall–Kier alpha value is -5.88. The number of esters is 1. The number of imidazole rings is 1. The van der Waals surface area contributed by atoms with Crippen LogP contribution in [0.2, 0.25) is 0 Å². The Morgan fingerprint density at radius 2 is 1.68 bits per heavy atom. The Morgan fingerprint density at radius 1 is 1.04 bits per heavy atom. The van der Waals surface area contributed by atoms with Gasteiger partial charge in [-0.25, -0.2) is 19.5 Å². The van der Waals surface area contributed by atoms with Gasteiger partial charge in [-0.1, -0.05) is 50.6 Å². The van der Waals surface area contributed by atoms with Gasteiger partial charge in [0.05, 0.1) is 31.5 Å². The number of H-pyrrole nitrogens is 1. The highest BCUT2D eigenvalue weighted by molar-refractivity contribution is 6.00. The van der Waals surface area contributed by atoms with Crippen LogP contribution in [-0.4, -0.2) is 92.3 Å². The van der Waals surface area contributed by atoms with Crippen LogP contribution in [0.3, 0.4) is 0 Å². The third kappa shape index (κ3) is 11.3. The molecule has 6 N–H and O–H groups in total. The molecule has 0 aliphatic rings. The van der Waals surface area contributed by atoms with Crippen LogP contribution in [-0.2, 0) is 47.0 Å². The van der Waals surface area contributed by atoms with Gasteiger partial charge >= 0.3 is 12.1 Å². The van der Waals surface area contributed by atoms with E-state index in [4.69, 9.17) is 19.9 Å². The maximum Gasteiger partial charge on any atom is 0.418 e. The lowest BCUT2D eigenvalue weighted by atomic mass is 9.75. The molecule has 0 aliphatic carbocycles. The number of para-hydroxylation sites is 1. The first-order chi connectivity index (χ1) is 26.7. The van der Waals surface area contributed by atoms with Gasteiger partial charge in [0.2, 0.25) is 17.7 Å². The third-order valence-corrected chi connectivity index (χ3v) is 9.34. The number of aromatic nitrogens is 2. The van der Waals surface area contributed by atoms with E-state index in [1.807, 2.05) is 0 Å². The molecule has 2 aromatic carbocycles. The van der Waals surface area contributed by atoms with Gasteiger partial charge in [-0.2, -0.15) is 0 Å². The highest BCUT2D eigenvalue weighted by Gasteiger charge is 2.56. The van der Waals surface area contributed by atoms with Gasteiger partial charge in [-0.05, 0) is 51.3 Å². The van der Waals surface area contributed by atoms with E-state index >= 15 is 0 Å². The van der Waals surface area contributed by atoms with E-state index in [1.54, 1.807) is 46.8 Å². The van der Waals surface area contributed by atoms with Crippen molar-refractivity contribution in [3.63, 3.8) is 0 Å². The van der Waals surface area contributed by atoms with Crippen LogP contribution in [0.15, 0.2) is 61.1 Å². The van der Waals surface area contributed by atoms with Crippen molar-refractivity contribution in [2.24, 2.45) is 11.7 Å². The molecule has 4 amide bonds. The molecule has 3 rings (SSSR count). The Balaban J connectivity index is 2.20. The van der Waals surface area contributed by atoms with Crippen LogP contribution in [0.4, 0.5) is 10.5 Å². The first-order valence-electron chi connectivity index (χ1n) is 18.3. The van der Waals surface area contributed by atoms with Gasteiger partial charge in [0.25, 0.3) is 5.69 Å². The van der Waals surface area contributed by atoms with E-state index in [2.05, 4.69) is 20.6 Å². The fourth-order valence-corrected chi connectivity index (χ4v) is 6.31. The molecule has 0 fully saturated rings. The summed E-state index contributed by atoms with van der Waals surface area (Å²) in [7, 11) is 2.57. The average molecular weight is 796 g/mol. The van der Waals surface area contributed by atoms with Gasteiger partial charge < -0.3 is 40.7 Å². The largest absolute Gasteiger partial charge is 0.497 e. The maximum absolute atomic E-state index is 14.8. The SMILES string of the molecule is CC[C@H](C)[C@](C(=O)OC)(c1ccc(OC)cc1)N(C(=O)CCC(O)(Cc1ccccc1[N+](=O)[O-])NC(=O)[C@H](Cc1cnc[nH]1)NC(=O)C(C)N)C(=O)OC(C)(C)C. The maximum atomic E-state index is 14.8. The molecule has 18 nitrogen and oxygen atoms in total. The number of nitrogens with two attached hydrogens (primary N) is 1. The highest BCUT2D eigenvalue weighted by Crippen LogP contribution is 2.42. The Morgan fingerprint density at radius 3 is 2.21 bits per heavy atom. The van der Waals surface area contributed by atoms with E-state index in [0.29, 0.717) is 16.3 Å². The summed E-state index contributed by atoms with van der Waals surface area (Å²) in [4.78, 5) is 88.7. The number of benzene rings is 2. The Labute approximate surface area is 331 Å². The minimum atomic E-state index is -2.44. The second-order valence-corrected chi connectivity index (χ2v) is 14.7. The fraction of sp³-hybridized carbons (Fsp3) is 0.487. The minimum absolute atomic E-state index is 0.00627. The lowest BCUT2D eigenvalue weighted by Crippen LogP contribution is -2.62. The summed E-state index contributed by atoms with van der Waals surface area (Å²) in [5.74, 6) is -3.95. The molecule has 310 valence electrons. The number of carbonyl (C=O) groups excluding carboxylic acids is 5. The molecule has 1 aromatic heterocycles. The molecule has 0 aliphatic heterocycles. The predicted molar refractivity (Wildman–Crippen MR) is 206 cm³/mol. The van der Waals surface area contributed by atoms with E-state index in [-0.39, 0.29) is 29.7 Å². The summed E-state index contributed by atoms with van der Waals surface area (Å²) in [6.07, 6.45) is -0.246. The molecule has 0 saturated carbocycles. The third-order valence-electron chi connectivity index (χ3n) is 9.34. The van der Waals surface area contributed by atoms with Crippen molar-refractivity contribution in [1.82, 2.24) is 25.5 Å². The lowest BCUT2D eigenvalue weighted by molar-refractivity contribution is -0.385. The van der Waals surface area contributed by atoms with Crippen molar-refractivity contribution in [1.29, 1.82) is 0 Å². The summed E-state index contributed by atoms with van der Waals surface area (Å²) in [6, 6.07) is 9.29. The van der Waals surface area contributed by atoms with Crippen LogP contribution < -0.4 is 21.1 Å². The van der Waals surface area contributed by atoms with E-state index in [9.17, 15) is 39.2 Å². The van der Waals surface area contributed by atoms with Crippen molar-refractivity contribution in [3.8, 4) is 5.75 Å². The minimum Gasteiger partial charge on any atom is -0.497 e. The number of nitro benzene ring substituents is 1. The smallest absolute Gasteiger partial charge is 0.418 e. The summed E-state index contributed by atoms with van der Waals surface area (Å²) < 4.78 is 16.3. The highest BCUT2D eigenvalue weighted by atomic mass is 16.6. The summed E-state index contributed by atoms with van der Waals surface area (Å²) >= 11 is 0. The van der Waals surface area contributed by atoms with Gasteiger partial charge in [-0.15, -0.1) is 0 Å². The standard InChI is InChI=1S/C39H53N7O11/c1-9-24(2)39(35(50)56-8,27-14-16-29(55-7)17-15-27)45(36(51)57-37(4,5)6)32(47)18-19-38(52,21-26-12-10-11-13-31(26)46(53)54)44-34(49)30(43-33(48)25(3)40)20-28-22-41-23-42-28/h10-17,22-25,30,52H,9,18-21,40H2,1-8H3,(H,41,42)(H,43,48)(H,44,49)/t24-,25?,30-,38?,39+/m0/s1. The van der Waals surface area contributed by atoms with Crippen LogP contribution in [0.25, 0.3) is 0 Å². The second kappa shape index (κ2) is 19.3. The molecule has 57 heavy (non-hydrogen) atoms.